The molecular formula is C18H19N3O4S2. The van der Waals surface area contributed by atoms with Crippen molar-refractivity contribution in [2.24, 2.45) is 0 Å². The van der Waals surface area contributed by atoms with Crippen molar-refractivity contribution in [1.29, 1.82) is 0 Å². The van der Waals surface area contributed by atoms with Crippen molar-refractivity contribution in [3.8, 4) is 5.75 Å². The van der Waals surface area contributed by atoms with Crippen molar-refractivity contribution in [3.05, 3.63) is 48.0 Å². The molecule has 0 aliphatic heterocycles. The number of nitrogens with zero attached hydrogens (tertiary/aromatic N) is 1. The Bertz CT molecular complexity index is 1060. The minimum absolute atomic E-state index is 0.155. The van der Waals surface area contributed by atoms with Crippen LogP contribution >= 0.6 is 11.3 Å². The number of carbonyl (C=O) groups is 1. The third-order valence-corrected chi connectivity index (χ3v) is 6.56. The Hall–Kier alpha value is -2.65. The highest BCUT2D eigenvalue weighted by atomic mass is 32.2. The molecule has 0 atom stereocenters. The van der Waals surface area contributed by atoms with Crippen molar-refractivity contribution in [3.63, 3.8) is 0 Å². The second-order valence-corrected chi connectivity index (χ2v) is 9.02. The summed E-state index contributed by atoms with van der Waals surface area (Å²) in [4.78, 5) is 16.6. The van der Waals surface area contributed by atoms with Crippen LogP contribution in [0.5, 0.6) is 5.75 Å². The number of nitrogens with one attached hydrogen (secondary N) is 2. The number of amides is 1. The van der Waals surface area contributed by atoms with Crippen LogP contribution in [0.1, 0.15) is 12.0 Å². The summed E-state index contributed by atoms with van der Waals surface area (Å²) >= 11 is 1.36. The average molecular weight is 406 g/mol. The topological polar surface area (TPSA) is 97.4 Å². The molecule has 0 spiro atoms. The summed E-state index contributed by atoms with van der Waals surface area (Å²) < 4.78 is 30.7. The number of sulfone groups is 1. The summed E-state index contributed by atoms with van der Waals surface area (Å²) in [5.41, 5.74) is 6.88. The number of hydrazine groups is 1. The first-order valence-electron chi connectivity index (χ1n) is 8.17. The van der Waals surface area contributed by atoms with E-state index in [4.69, 9.17) is 4.74 Å². The molecule has 0 aliphatic carbocycles. The van der Waals surface area contributed by atoms with E-state index in [1.807, 2.05) is 19.1 Å². The van der Waals surface area contributed by atoms with E-state index in [-0.39, 0.29) is 17.1 Å². The zero-order valence-corrected chi connectivity index (χ0v) is 16.5. The maximum absolute atomic E-state index is 12.3. The number of ether oxygens (including phenoxy) is 1. The number of methoxy groups -OCH3 is 1. The molecule has 142 valence electrons. The summed E-state index contributed by atoms with van der Waals surface area (Å²) in [6.07, 6.45) is -0.155. The summed E-state index contributed by atoms with van der Waals surface area (Å²) in [7, 11) is -1.94. The molecule has 1 heterocycles. The normalized spacial score (nSPS) is 11.3. The molecule has 0 fully saturated rings. The van der Waals surface area contributed by atoms with Gasteiger partial charge in [-0.3, -0.25) is 15.6 Å². The Kier molecular flexibility index (Phi) is 5.62. The van der Waals surface area contributed by atoms with Gasteiger partial charge in [-0.05, 0) is 31.2 Å². The van der Waals surface area contributed by atoms with Crippen molar-refractivity contribution < 1.29 is 17.9 Å². The molecule has 3 rings (SSSR count). The lowest BCUT2D eigenvalue weighted by Crippen LogP contribution is -2.30. The lowest BCUT2D eigenvalue weighted by Gasteiger charge is -2.07. The van der Waals surface area contributed by atoms with E-state index in [0.29, 0.717) is 16.4 Å². The molecule has 0 aliphatic rings. The lowest BCUT2D eigenvalue weighted by atomic mass is 10.2. The van der Waals surface area contributed by atoms with E-state index >= 15 is 0 Å². The van der Waals surface area contributed by atoms with Gasteiger partial charge >= 0.3 is 0 Å². The highest BCUT2D eigenvalue weighted by molar-refractivity contribution is 7.91. The average Bonchev–Trinajstić information content (AvgIpc) is 3.08. The summed E-state index contributed by atoms with van der Waals surface area (Å²) in [5.74, 6) is -0.0544. The van der Waals surface area contributed by atoms with Crippen molar-refractivity contribution in [2.75, 3.05) is 18.3 Å². The quantitative estimate of drug-likeness (QED) is 0.587. The second kappa shape index (κ2) is 7.93. The minimum Gasteiger partial charge on any atom is -0.494 e. The molecule has 2 aromatic carbocycles. The van der Waals surface area contributed by atoms with Crippen LogP contribution in [0.15, 0.2) is 47.4 Å². The zero-order chi connectivity index (χ0) is 19.4. The SMILES string of the molecule is COc1cccc2sc(NNC(=O)CCS(=O)(=O)c3ccc(C)cc3)nc12. The molecule has 0 saturated heterocycles. The molecule has 1 amide bonds. The van der Waals surface area contributed by atoms with Gasteiger partial charge in [0.25, 0.3) is 0 Å². The summed E-state index contributed by atoms with van der Waals surface area (Å²) in [6.45, 7) is 1.88. The first-order chi connectivity index (χ1) is 12.9. The smallest absolute Gasteiger partial charge is 0.239 e. The third kappa shape index (κ3) is 4.55. The van der Waals surface area contributed by atoms with Gasteiger partial charge < -0.3 is 4.74 Å². The Morgan fingerprint density at radius 2 is 1.93 bits per heavy atom. The second-order valence-electron chi connectivity index (χ2n) is 5.88. The summed E-state index contributed by atoms with van der Waals surface area (Å²) in [5, 5.41) is 0.490. The number of fused-ring (bicyclic) bond motifs is 1. The highest BCUT2D eigenvalue weighted by Gasteiger charge is 2.16. The Balaban J connectivity index is 1.57. The number of hydrogen-bond acceptors (Lipinski definition) is 7. The largest absolute Gasteiger partial charge is 0.494 e. The molecule has 0 radical (unpaired) electrons. The third-order valence-electron chi connectivity index (χ3n) is 3.89. The molecule has 0 unspecified atom stereocenters. The molecule has 3 aromatic rings. The number of aromatic nitrogens is 1. The highest BCUT2D eigenvalue weighted by Crippen LogP contribution is 2.31. The number of anilines is 1. The van der Waals surface area contributed by atoms with E-state index in [2.05, 4.69) is 15.8 Å². The number of hydrogen-bond donors (Lipinski definition) is 2. The Morgan fingerprint density at radius 3 is 2.63 bits per heavy atom. The number of carbonyl (C=O) groups excluding carboxylic acids is 1. The number of rotatable bonds is 7. The molecular weight excluding hydrogens is 386 g/mol. The summed E-state index contributed by atoms with van der Waals surface area (Å²) in [6, 6.07) is 12.1. The van der Waals surface area contributed by atoms with Gasteiger partial charge in [0.1, 0.15) is 11.3 Å². The predicted octanol–water partition coefficient (Wildman–Crippen LogP) is 2.92. The lowest BCUT2D eigenvalue weighted by molar-refractivity contribution is -0.120. The van der Waals surface area contributed by atoms with E-state index in [9.17, 15) is 13.2 Å². The van der Waals surface area contributed by atoms with Crippen LogP contribution in [0.4, 0.5) is 5.13 Å². The van der Waals surface area contributed by atoms with Crippen LogP contribution < -0.4 is 15.6 Å². The van der Waals surface area contributed by atoms with Gasteiger partial charge in [0.2, 0.25) is 11.0 Å². The van der Waals surface area contributed by atoms with Gasteiger partial charge in [0.15, 0.2) is 9.84 Å². The fourth-order valence-corrected chi connectivity index (χ4v) is 4.50. The van der Waals surface area contributed by atoms with Crippen LogP contribution in [-0.2, 0) is 14.6 Å². The van der Waals surface area contributed by atoms with Crippen LogP contribution in [0.25, 0.3) is 10.2 Å². The van der Waals surface area contributed by atoms with Crippen LogP contribution in [-0.4, -0.2) is 32.2 Å². The number of thiazole rings is 1. The first kappa shape index (κ1) is 19.1. The van der Waals surface area contributed by atoms with Gasteiger partial charge in [0, 0.05) is 6.42 Å². The Labute approximate surface area is 161 Å². The predicted molar refractivity (Wildman–Crippen MR) is 106 cm³/mol. The number of aryl methyl sites for hydroxylation is 1. The molecule has 9 heteroatoms. The fraction of sp³-hybridized carbons (Fsp3) is 0.222. The Morgan fingerprint density at radius 1 is 1.19 bits per heavy atom. The maximum Gasteiger partial charge on any atom is 0.239 e. The minimum atomic E-state index is -3.50. The fourth-order valence-electron chi connectivity index (χ4n) is 2.42. The standard InChI is InChI=1S/C18H19N3O4S2/c1-12-6-8-13(9-7-12)27(23,24)11-10-16(22)20-21-18-19-17-14(25-2)4-3-5-15(17)26-18/h3-9H,10-11H2,1-2H3,(H,19,21)(H,20,22). The number of para-hydroxylation sites is 1. The van der Waals surface area contributed by atoms with Crippen LogP contribution in [0, 0.1) is 6.92 Å². The molecule has 0 saturated carbocycles. The molecule has 7 nitrogen and oxygen atoms in total. The van der Waals surface area contributed by atoms with E-state index in [0.717, 1.165) is 10.3 Å². The van der Waals surface area contributed by atoms with Gasteiger partial charge in [-0.25, -0.2) is 13.4 Å². The molecule has 0 bridgehead atoms. The van der Waals surface area contributed by atoms with Gasteiger partial charge in [-0.1, -0.05) is 35.1 Å². The first-order valence-corrected chi connectivity index (χ1v) is 10.6. The van der Waals surface area contributed by atoms with Crippen LogP contribution in [0.2, 0.25) is 0 Å². The zero-order valence-electron chi connectivity index (χ0n) is 14.9. The van der Waals surface area contributed by atoms with E-state index < -0.39 is 15.7 Å². The van der Waals surface area contributed by atoms with E-state index in [1.54, 1.807) is 37.4 Å². The monoisotopic (exact) mass is 405 g/mol. The van der Waals surface area contributed by atoms with Crippen molar-refractivity contribution in [1.82, 2.24) is 10.4 Å². The molecule has 27 heavy (non-hydrogen) atoms. The van der Waals surface area contributed by atoms with Crippen LogP contribution in [0.3, 0.4) is 0 Å². The maximum atomic E-state index is 12.3. The van der Waals surface area contributed by atoms with Crippen molar-refractivity contribution >= 4 is 42.4 Å². The van der Waals surface area contributed by atoms with Gasteiger partial charge in [0.05, 0.1) is 22.5 Å². The number of benzene rings is 2. The molecule has 1 aromatic heterocycles. The van der Waals surface area contributed by atoms with Gasteiger partial charge in [-0.2, -0.15) is 0 Å². The van der Waals surface area contributed by atoms with E-state index in [1.165, 1.54) is 11.3 Å². The van der Waals surface area contributed by atoms with Crippen molar-refractivity contribution in [2.45, 2.75) is 18.2 Å². The van der Waals surface area contributed by atoms with Gasteiger partial charge in [-0.15, -0.1) is 0 Å². The molecule has 2 N–H and O–H groups in total.